The van der Waals surface area contributed by atoms with E-state index in [1.807, 2.05) is 11.3 Å². The molecule has 1 fully saturated rings. The largest absolute Gasteiger partial charge is 0.144 e. The van der Waals surface area contributed by atoms with E-state index in [0.717, 1.165) is 5.92 Å². The van der Waals surface area contributed by atoms with Gasteiger partial charge in [-0.1, -0.05) is 42.6 Å². The molecule has 1 aliphatic rings. The second-order valence-electron chi connectivity index (χ2n) is 6.15. The summed E-state index contributed by atoms with van der Waals surface area (Å²) < 4.78 is 0. The van der Waals surface area contributed by atoms with E-state index in [2.05, 4.69) is 49.7 Å². The summed E-state index contributed by atoms with van der Waals surface area (Å²) in [6.07, 6.45) is 5.56. The van der Waals surface area contributed by atoms with Crippen LogP contribution in [0.4, 0.5) is 0 Å². The van der Waals surface area contributed by atoms with E-state index in [9.17, 15) is 0 Å². The molecular weight excluding hydrogens is 292 g/mol. The molecule has 0 aromatic carbocycles. The number of hydrogen-bond acceptors (Lipinski definition) is 1. The van der Waals surface area contributed by atoms with E-state index in [0.29, 0.717) is 10.2 Å². The maximum Gasteiger partial charge on any atom is 0.0525 e. The molecule has 2 atom stereocenters. The molecule has 0 saturated heterocycles. The van der Waals surface area contributed by atoms with Crippen molar-refractivity contribution < 1.29 is 0 Å². The van der Waals surface area contributed by atoms with Crippen molar-refractivity contribution in [2.75, 3.05) is 0 Å². The molecule has 0 aliphatic heterocycles. The average Bonchev–Trinajstić information content (AvgIpc) is 2.56. The Kier molecular flexibility index (Phi) is 4.04. The van der Waals surface area contributed by atoms with Gasteiger partial charge in [0, 0.05) is 9.75 Å². The van der Waals surface area contributed by atoms with Crippen LogP contribution in [0, 0.1) is 25.2 Å². The van der Waals surface area contributed by atoms with Gasteiger partial charge in [-0.2, -0.15) is 0 Å². The van der Waals surface area contributed by atoms with Crippen molar-refractivity contribution in [1.29, 1.82) is 0 Å². The van der Waals surface area contributed by atoms with E-state index < -0.39 is 0 Å². The lowest BCUT2D eigenvalue weighted by molar-refractivity contribution is 0.137. The van der Waals surface area contributed by atoms with Crippen molar-refractivity contribution in [3.05, 3.63) is 21.4 Å². The van der Waals surface area contributed by atoms with Gasteiger partial charge in [-0.3, -0.25) is 0 Å². The third kappa shape index (κ3) is 2.78. The molecule has 0 amide bonds. The van der Waals surface area contributed by atoms with Crippen LogP contribution in [0.2, 0.25) is 0 Å². The summed E-state index contributed by atoms with van der Waals surface area (Å²) in [7, 11) is 0. The molecule has 96 valence electrons. The molecule has 1 saturated carbocycles. The first kappa shape index (κ1) is 13.6. The van der Waals surface area contributed by atoms with Crippen LogP contribution in [0.15, 0.2) is 6.07 Å². The third-order valence-electron chi connectivity index (χ3n) is 4.27. The Hall–Kier alpha value is 0.180. The highest BCUT2D eigenvalue weighted by Crippen LogP contribution is 2.51. The molecule has 0 bridgehead atoms. The lowest BCUT2D eigenvalue weighted by Crippen LogP contribution is -2.30. The predicted octanol–water partition coefficient (Wildman–Crippen LogP) is 6.02. The van der Waals surface area contributed by atoms with Crippen LogP contribution in [-0.2, 0) is 0 Å². The standard InChI is InChI=1S/C15H23BrS/c1-10-9-11(2)17-14(10)13(16)12-7-5-6-8-15(12,3)4/h9,12-13H,5-8H2,1-4H3. The predicted molar refractivity (Wildman–Crippen MR) is 81.2 cm³/mol. The third-order valence-corrected chi connectivity index (χ3v) is 6.91. The van der Waals surface area contributed by atoms with Gasteiger partial charge < -0.3 is 0 Å². The molecule has 0 spiro atoms. The maximum atomic E-state index is 4.00. The Morgan fingerprint density at radius 3 is 2.59 bits per heavy atom. The first-order valence-corrected chi connectivity index (χ1v) is 8.36. The molecule has 1 heterocycles. The molecule has 2 unspecified atom stereocenters. The van der Waals surface area contributed by atoms with Gasteiger partial charge in [-0.15, -0.1) is 11.3 Å². The number of aryl methyl sites for hydroxylation is 2. The van der Waals surface area contributed by atoms with Gasteiger partial charge in [0.1, 0.15) is 0 Å². The fraction of sp³-hybridized carbons (Fsp3) is 0.733. The minimum Gasteiger partial charge on any atom is -0.144 e. The maximum absolute atomic E-state index is 4.00. The van der Waals surface area contributed by atoms with E-state index in [1.54, 1.807) is 4.88 Å². The zero-order chi connectivity index (χ0) is 12.6. The Morgan fingerprint density at radius 1 is 1.35 bits per heavy atom. The van der Waals surface area contributed by atoms with Crippen molar-refractivity contribution >= 4 is 27.3 Å². The van der Waals surface area contributed by atoms with E-state index in [4.69, 9.17) is 0 Å². The van der Waals surface area contributed by atoms with Crippen molar-refractivity contribution in [1.82, 2.24) is 0 Å². The molecule has 0 radical (unpaired) electrons. The van der Waals surface area contributed by atoms with Gasteiger partial charge >= 0.3 is 0 Å². The molecule has 2 heteroatoms. The first-order valence-electron chi connectivity index (χ1n) is 6.63. The smallest absolute Gasteiger partial charge is 0.0525 e. The first-order chi connectivity index (χ1) is 7.92. The zero-order valence-corrected chi connectivity index (χ0v) is 13.7. The van der Waals surface area contributed by atoms with Gasteiger partial charge in [0.2, 0.25) is 0 Å². The Balaban J connectivity index is 2.24. The van der Waals surface area contributed by atoms with Gasteiger partial charge in [-0.05, 0) is 49.7 Å². The van der Waals surface area contributed by atoms with Gasteiger partial charge in [0.25, 0.3) is 0 Å². The molecule has 17 heavy (non-hydrogen) atoms. The van der Waals surface area contributed by atoms with Crippen LogP contribution >= 0.6 is 27.3 Å². The van der Waals surface area contributed by atoms with E-state index in [-0.39, 0.29) is 0 Å². The minimum atomic E-state index is 0.483. The quantitative estimate of drug-likeness (QED) is 0.586. The minimum absolute atomic E-state index is 0.483. The van der Waals surface area contributed by atoms with E-state index >= 15 is 0 Å². The van der Waals surface area contributed by atoms with E-state index in [1.165, 1.54) is 36.1 Å². The monoisotopic (exact) mass is 314 g/mol. The molecule has 1 aromatic rings. The van der Waals surface area contributed by atoms with Gasteiger partial charge in [0.05, 0.1) is 4.83 Å². The van der Waals surface area contributed by atoms with Crippen molar-refractivity contribution in [2.24, 2.45) is 11.3 Å². The van der Waals surface area contributed by atoms with Crippen molar-refractivity contribution in [3.63, 3.8) is 0 Å². The summed E-state index contributed by atoms with van der Waals surface area (Å²) in [5, 5.41) is 0. The SMILES string of the molecule is Cc1cc(C)c(C(Br)C2CCCCC2(C)C)s1. The highest BCUT2D eigenvalue weighted by molar-refractivity contribution is 9.09. The second kappa shape index (κ2) is 5.05. The molecule has 2 rings (SSSR count). The van der Waals surface area contributed by atoms with Crippen molar-refractivity contribution in [3.8, 4) is 0 Å². The number of halogens is 1. The molecule has 0 N–H and O–H groups in total. The summed E-state index contributed by atoms with van der Waals surface area (Å²) in [6, 6.07) is 2.32. The van der Waals surface area contributed by atoms with Crippen LogP contribution in [0.3, 0.4) is 0 Å². The lowest BCUT2D eigenvalue weighted by atomic mass is 9.67. The number of hydrogen-bond donors (Lipinski definition) is 0. The Labute approximate surface area is 118 Å². The summed E-state index contributed by atoms with van der Waals surface area (Å²) >= 11 is 5.97. The van der Waals surface area contributed by atoms with Crippen LogP contribution in [0.5, 0.6) is 0 Å². The highest BCUT2D eigenvalue weighted by Gasteiger charge is 2.37. The molecule has 1 aliphatic carbocycles. The summed E-state index contributed by atoms with van der Waals surface area (Å²) in [5.74, 6) is 0.785. The fourth-order valence-electron chi connectivity index (χ4n) is 3.18. The van der Waals surface area contributed by atoms with Crippen LogP contribution in [0.25, 0.3) is 0 Å². The number of rotatable bonds is 2. The van der Waals surface area contributed by atoms with Crippen LogP contribution < -0.4 is 0 Å². The second-order valence-corrected chi connectivity index (χ2v) is 8.42. The molecule has 1 aromatic heterocycles. The average molecular weight is 315 g/mol. The number of alkyl halides is 1. The van der Waals surface area contributed by atoms with Crippen LogP contribution in [-0.4, -0.2) is 0 Å². The van der Waals surface area contributed by atoms with Crippen LogP contribution in [0.1, 0.15) is 59.7 Å². The summed E-state index contributed by atoms with van der Waals surface area (Å²) in [5.41, 5.74) is 1.95. The number of thiophene rings is 1. The van der Waals surface area contributed by atoms with Crippen molar-refractivity contribution in [2.45, 2.75) is 58.2 Å². The van der Waals surface area contributed by atoms with Gasteiger partial charge in [0.15, 0.2) is 0 Å². The zero-order valence-electron chi connectivity index (χ0n) is 11.3. The molecular formula is C15H23BrS. The lowest BCUT2D eigenvalue weighted by Gasteiger charge is -2.41. The Morgan fingerprint density at radius 2 is 2.06 bits per heavy atom. The highest BCUT2D eigenvalue weighted by atomic mass is 79.9. The Bertz CT molecular complexity index is 392. The fourth-order valence-corrected chi connectivity index (χ4v) is 5.88. The molecule has 0 nitrogen and oxygen atoms in total. The normalized spacial score (nSPS) is 25.8. The van der Waals surface area contributed by atoms with Gasteiger partial charge in [-0.25, -0.2) is 0 Å². The topological polar surface area (TPSA) is 0 Å². The summed E-state index contributed by atoms with van der Waals surface area (Å²) in [6.45, 7) is 9.36. The summed E-state index contributed by atoms with van der Waals surface area (Å²) in [4.78, 5) is 3.55.